The lowest BCUT2D eigenvalue weighted by molar-refractivity contribution is -0.120. The standard InChI is InChI=1S/C23H26N2O4S/c1-16(26)17-6-9-22(10-7-17)30(28,29)25-13-11-19(12-14-25)23(27)24-21-8-5-18-3-2-4-20(18)15-21/h5-10,15,19H,2-4,11-14H2,1H3,(H,24,27). The lowest BCUT2D eigenvalue weighted by Crippen LogP contribution is -2.41. The molecule has 1 N–H and O–H groups in total. The number of aryl methyl sites for hydroxylation is 2. The van der Waals surface area contributed by atoms with E-state index in [0.29, 0.717) is 31.5 Å². The molecule has 1 amide bonds. The maximum atomic E-state index is 12.9. The van der Waals surface area contributed by atoms with E-state index in [-0.39, 0.29) is 22.5 Å². The second-order valence-corrected chi connectivity index (χ2v) is 10.0. The van der Waals surface area contributed by atoms with Crippen LogP contribution >= 0.6 is 0 Å². The van der Waals surface area contributed by atoms with E-state index in [4.69, 9.17) is 0 Å². The first-order valence-corrected chi connectivity index (χ1v) is 11.8. The van der Waals surface area contributed by atoms with E-state index in [1.165, 1.54) is 46.6 Å². The molecule has 1 heterocycles. The molecule has 6 nitrogen and oxygen atoms in total. The maximum Gasteiger partial charge on any atom is 0.243 e. The van der Waals surface area contributed by atoms with Crippen molar-refractivity contribution in [2.45, 2.75) is 43.9 Å². The van der Waals surface area contributed by atoms with Gasteiger partial charge in [0.1, 0.15) is 0 Å². The third kappa shape index (κ3) is 4.18. The largest absolute Gasteiger partial charge is 0.326 e. The highest BCUT2D eigenvalue weighted by Crippen LogP contribution is 2.27. The van der Waals surface area contributed by atoms with Crippen molar-refractivity contribution in [1.82, 2.24) is 4.31 Å². The number of hydrogen-bond acceptors (Lipinski definition) is 4. The van der Waals surface area contributed by atoms with Gasteiger partial charge >= 0.3 is 0 Å². The minimum Gasteiger partial charge on any atom is -0.326 e. The quantitative estimate of drug-likeness (QED) is 0.743. The Morgan fingerprint density at radius 1 is 0.967 bits per heavy atom. The molecule has 158 valence electrons. The highest BCUT2D eigenvalue weighted by Gasteiger charge is 2.32. The van der Waals surface area contributed by atoms with Crippen molar-refractivity contribution in [2.24, 2.45) is 5.92 Å². The number of amides is 1. The summed E-state index contributed by atoms with van der Waals surface area (Å²) in [6.07, 6.45) is 4.30. The zero-order valence-electron chi connectivity index (χ0n) is 17.1. The van der Waals surface area contributed by atoms with E-state index >= 15 is 0 Å². The van der Waals surface area contributed by atoms with Crippen molar-refractivity contribution in [3.8, 4) is 0 Å². The fourth-order valence-corrected chi connectivity index (χ4v) is 5.73. The number of Topliss-reactive ketones (excluding diaryl/α,β-unsaturated/α-hetero) is 1. The summed E-state index contributed by atoms with van der Waals surface area (Å²) in [6, 6.07) is 12.1. The second-order valence-electron chi connectivity index (χ2n) is 8.09. The number of anilines is 1. The molecule has 2 aromatic carbocycles. The number of nitrogens with zero attached hydrogens (tertiary/aromatic N) is 1. The third-order valence-corrected chi connectivity index (χ3v) is 8.00. The van der Waals surface area contributed by atoms with Gasteiger partial charge in [-0.2, -0.15) is 4.31 Å². The van der Waals surface area contributed by atoms with Crippen molar-refractivity contribution in [3.63, 3.8) is 0 Å². The monoisotopic (exact) mass is 426 g/mol. The first-order valence-electron chi connectivity index (χ1n) is 10.4. The van der Waals surface area contributed by atoms with Crippen LogP contribution in [0.15, 0.2) is 47.4 Å². The number of carbonyl (C=O) groups is 2. The molecule has 0 saturated carbocycles. The predicted molar refractivity (Wildman–Crippen MR) is 115 cm³/mol. The van der Waals surface area contributed by atoms with Crippen molar-refractivity contribution in [3.05, 3.63) is 59.2 Å². The van der Waals surface area contributed by atoms with Gasteiger partial charge in [0.05, 0.1) is 4.90 Å². The van der Waals surface area contributed by atoms with Crippen LogP contribution in [0.2, 0.25) is 0 Å². The molecule has 1 saturated heterocycles. The first kappa shape index (κ1) is 20.8. The van der Waals surface area contributed by atoms with Crippen LogP contribution in [0.5, 0.6) is 0 Å². The van der Waals surface area contributed by atoms with Crippen molar-refractivity contribution in [1.29, 1.82) is 0 Å². The summed E-state index contributed by atoms with van der Waals surface area (Å²) in [7, 11) is -3.63. The zero-order chi connectivity index (χ0) is 21.3. The average molecular weight is 427 g/mol. The van der Waals surface area contributed by atoms with Crippen molar-refractivity contribution in [2.75, 3.05) is 18.4 Å². The van der Waals surface area contributed by atoms with Gasteiger partial charge in [0.2, 0.25) is 15.9 Å². The fraction of sp³-hybridized carbons (Fsp3) is 0.391. The van der Waals surface area contributed by atoms with Crippen LogP contribution < -0.4 is 5.32 Å². The van der Waals surface area contributed by atoms with E-state index in [1.54, 1.807) is 0 Å². The van der Waals surface area contributed by atoms with Gasteiger partial charge < -0.3 is 5.32 Å². The minimum atomic E-state index is -3.63. The predicted octanol–water partition coefficient (Wildman–Crippen LogP) is 3.42. The van der Waals surface area contributed by atoms with Crippen LogP contribution in [-0.2, 0) is 27.7 Å². The number of sulfonamides is 1. The highest BCUT2D eigenvalue weighted by molar-refractivity contribution is 7.89. The Morgan fingerprint density at radius 2 is 1.63 bits per heavy atom. The van der Waals surface area contributed by atoms with Crippen molar-refractivity contribution >= 4 is 27.4 Å². The highest BCUT2D eigenvalue weighted by atomic mass is 32.2. The lowest BCUT2D eigenvalue weighted by Gasteiger charge is -2.30. The summed E-state index contributed by atoms with van der Waals surface area (Å²) in [5, 5.41) is 3.00. The second kappa shape index (κ2) is 8.32. The summed E-state index contributed by atoms with van der Waals surface area (Å²) in [5.41, 5.74) is 3.98. The minimum absolute atomic E-state index is 0.0455. The normalized spacial score (nSPS) is 17.5. The number of piperidine rings is 1. The number of hydrogen-bond donors (Lipinski definition) is 1. The Morgan fingerprint density at radius 3 is 2.30 bits per heavy atom. The van der Waals surface area contributed by atoms with E-state index in [2.05, 4.69) is 17.4 Å². The molecule has 0 unspecified atom stereocenters. The van der Waals surface area contributed by atoms with Crippen LogP contribution in [0.3, 0.4) is 0 Å². The van der Waals surface area contributed by atoms with Gasteiger partial charge in [-0.1, -0.05) is 18.2 Å². The van der Waals surface area contributed by atoms with E-state index in [0.717, 1.165) is 24.9 Å². The van der Waals surface area contributed by atoms with Crippen LogP contribution in [0.1, 0.15) is 47.7 Å². The summed E-state index contributed by atoms with van der Waals surface area (Å²) in [6.45, 7) is 2.06. The van der Waals surface area contributed by atoms with Gasteiger partial charge in [-0.05, 0) is 74.4 Å². The van der Waals surface area contributed by atoms with Crippen LogP contribution in [-0.4, -0.2) is 37.5 Å². The van der Waals surface area contributed by atoms with Gasteiger partial charge in [0.15, 0.2) is 5.78 Å². The number of fused-ring (bicyclic) bond motifs is 1. The Hall–Kier alpha value is -2.51. The Balaban J connectivity index is 1.37. The molecule has 1 aliphatic carbocycles. The Labute approximate surface area is 177 Å². The van der Waals surface area contributed by atoms with Gasteiger partial charge in [0.25, 0.3) is 0 Å². The van der Waals surface area contributed by atoms with Gasteiger partial charge in [0, 0.05) is 30.3 Å². The number of benzene rings is 2. The van der Waals surface area contributed by atoms with E-state index in [1.807, 2.05) is 6.07 Å². The van der Waals surface area contributed by atoms with Gasteiger partial charge in [-0.15, -0.1) is 0 Å². The molecule has 0 spiro atoms. The van der Waals surface area contributed by atoms with Crippen LogP contribution in [0, 0.1) is 5.92 Å². The smallest absolute Gasteiger partial charge is 0.243 e. The molecule has 0 bridgehead atoms. The molecule has 1 fully saturated rings. The maximum absolute atomic E-state index is 12.9. The summed E-state index contributed by atoms with van der Waals surface area (Å²) < 4.78 is 27.2. The third-order valence-electron chi connectivity index (χ3n) is 6.09. The molecule has 30 heavy (non-hydrogen) atoms. The molecular weight excluding hydrogens is 400 g/mol. The number of nitrogens with one attached hydrogen (secondary N) is 1. The molecule has 4 rings (SSSR count). The number of carbonyl (C=O) groups excluding carboxylic acids is 2. The summed E-state index contributed by atoms with van der Waals surface area (Å²) in [5.74, 6) is -0.352. The van der Waals surface area contributed by atoms with E-state index in [9.17, 15) is 18.0 Å². The Bertz CT molecular complexity index is 1070. The lowest BCUT2D eigenvalue weighted by atomic mass is 9.97. The first-order chi connectivity index (χ1) is 14.3. The fourth-order valence-electron chi connectivity index (χ4n) is 4.26. The molecule has 1 aliphatic heterocycles. The topological polar surface area (TPSA) is 83.6 Å². The van der Waals surface area contributed by atoms with Crippen LogP contribution in [0.4, 0.5) is 5.69 Å². The summed E-state index contributed by atoms with van der Waals surface area (Å²) >= 11 is 0. The SMILES string of the molecule is CC(=O)c1ccc(S(=O)(=O)N2CCC(C(=O)Nc3ccc4c(c3)CCC4)CC2)cc1. The number of ketones is 1. The Kier molecular flexibility index (Phi) is 5.75. The molecule has 2 aromatic rings. The summed E-state index contributed by atoms with van der Waals surface area (Å²) in [4.78, 5) is 24.3. The molecule has 0 radical (unpaired) electrons. The van der Waals surface area contributed by atoms with E-state index < -0.39 is 10.0 Å². The van der Waals surface area contributed by atoms with Crippen LogP contribution in [0.25, 0.3) is 0 Å². The number of rotatable bonds is 5. The molecular formula is C23H26N2O4S. The molecule has 0 atom stereocenters. The molecule has 7 heteroatoms. The molecule has 0 aromatic heterocycles. The average Bonchev–Trinajstić information content (AvgIpc) is 3.22. The zero-order valence-corrected chi connectivity index (χ0v) is 17.9. The van der Waals surface area contributed by atoms with Gasteiger partial charge in [-0.3, -0.25) is 9.59 Å². The van der Waals surface area contributed by atoms with Gasteiger partial charge in [-0.25, -0.2) is 8.42 Å². The van der Waals surface area contributed by atoms with Crippen molar-refractivity contribution < 1.29 is 18.0 Å². The molecule has 2 aliphatic rings.